The van der Waals surface area contributed by atoms with Gasteiger partial charge >= 0.3 is 24.1 Å². The Labute approximate surface area is 258 Å². The van der Waals surface area contributed by atoms with Crippen molar-refractivity contribution in [3.05, 3.63) is 83.4 Å². The summed E-state index contributed by atoms with van der Waals surface area (Å²) in [5.74, 6) is -3.85. The Morgan fingerprint density at radius 3 is 2.22 bits per heavy atom. The molecule has 0 spiro atoms. The van der Waals surface area contributed by atoms with E-state index in [-0.39, 0.29) is 12.3 Å². The van der Waals surface area contributed by atoms with E-state index < -0.39 is 36.6 Å². The maximum absolute atomic E-state index is 12.8. The molecule has 13 heteroatoms. The molecule has 0 heterocycles. The van der Waals surface area contributed by atoms with Crippen LogP contribution in [0.3, 0.4) is 0 Å². The van der Waals surface area contributed by atoms with E-state index in [0.29, 0.717) is 40.5 Å². The molecule has 0 aliphatic rings. The van der Waals surface area contributed by atoms with E-state index in [4.69, 9.17) is 4.74 Å². The number of unbranched alkanes of at least 4 members (excludes halogenated alkanes) is 1. The molecule has 0 aromatic heterocycles. The predicted octanol–water partition coefficient (Wildman–Crippen LogP) is 6.28. The third kappa shape index (κ3) is 10.9. The van der Waals surface area contributed by atoms with Crippen molar-refractivity contribution in [2.45, 2.75) is 51.7 Å². The van der Waals surface area contributed by atoms with Gasteiger partial charge < -0.3 is 30.7 Å². The highest BCUT2D eigenvalue weighted by atomic mass is 19.4. The van der Waals surface area contributed by atoms with Crippen molar-refractivity contribution in [1.82, 2.24) is 5.32 Å². The largest absolute Gasteiger partial charge is 0.495 e. The highest BCUT2D eigenvalue weighted by Gasteiger charge is 2.42. The average molecular weight is 629 g/mol. The van der Waals surface area contributed by atoms with Crippen LogP contribution in [0.1, 0.15) is 48.9 Å². The number of amides is 3. The van der Waals surface area contributed by atoms with Gasteiger partial charge in [-0.05, 0) is 66.9 Å². The van der Waals surface area contributed by atoms with Gasteiger partial charge in [-0.1, -0.05) is 49.7 Å². The molecule has 0 aliphatic heterocycles. The first-order valence-corrected chi connectivity index (χ1v) is 14.1. The van der Waals surface area contributed by atoms with Crippen LogP contribution in [0.4, 0.5) is 35.0 Å². The molecule has 0 saturated carbocycles. The summed E-state index contributed by atoms with van der Waals surface area (Å²) < 4.78 is 46.8. The van der Waals surface area contributed by atoms with Crippen molar-refractivity contribution in [3.8, 4) is 5.75 Å². The number of esters is 2. The van der Waals surface area contributed by atoms with Gasteiger partial charge in [0.1, 0.15) is 5.75 Å². The van der Waals surface area contributed by atoms with Crippen molar-refractivity contribution in [2.75, 3.05) is 29.6 Å². The van der Waals surface area contributed by atoms with Crippen LogP contribution in [0.25, 0.3) is 0 Å². The minimum atomic E-state index is -5.27. The zero-order valence-electron chi connectivity index (χ0n) is 25.0. The predicted molar refractivity (Wildman–Crippen MR) is 163 cm³/mol. The summed E-state index contributed by atoms with van der Waals surface area (Å²) in [5, 5.41) is 11.4. The molecule has 45 heavy (non-hydrogen) atoms. The summed E-state index contributed by atoms with van der Waals surface area (Å²) in [7, 11) is 1.45. The van der Waals surface area contributed by atoms with Gasteiger partial charge in [-0.3, -0.25) is 9.59 Å². The monoisotopic (exact) mass is 628 g/mol. The van der Waals surface area contributed by atoms with Gasteiger partial charge in [-0.15, -0.1) is 0 Å². The highest BCUT2D eigenvalue weighted by Crippen LogP contribution is 2.27. The molecule has 1 atom stereocenters. The molecule has 3 amide bonds. The Morgan fingerprint density at radius 2 is 1.58 bits per heavy atom. The number of ether oxygens (including phenoxy) is 2. The Morgan fingerprint density at radius 1 is 0.889 bits per heavy atom. The molecule has 4 N–H and O–H groups in total. The fraction of sp³-hybridized carbons (Fsp3) is 0.312. The van der Waals surface area contributed by atoms with Crippen LogP contribution >= 0.6 is 0 Å². The second-order valence-corrected chi connectivity index (χ2v) is 10.1. The molecule has 0 saturated heterocycles. The maximum atomic E-state index is 12.8. The van der Waals surface area contributed by atoms with Crippen LogP contribution < -0.4 is 26.0 Å². The van der Waals surface area contributed by atoms with Crippen LogP contribution in [0.15, 0.2) is 66.7 Å². The van der Waals surface area contributed by atoms with Crippen molar-refractivity contribution in [1.29, 1.82) is 0 Å². The fourth-order valence-corrected chi connectivity index (χ4v) is 4.26. The first-order valence-electron chi connectivity index (χ1n) is 14.1. The summed E-state index contributed by atoms with van der Waals surface area (Å²) in [4.78, 5) is 48.4. The second kappa shape index (κ2) is 16.2. The van der Waals surface area contributed by atoms with E-state index in [1.54, 1.807) is 48.5 Å². The van der Waals surface area contributed by atoms with Gasteiger partial charge in [0.2, 0.25) is 5.91 Å². The van der Waals surface area contributed by atoms with Crippen molar-refractivity contribution in [2.24, 2.45) is 0 Å². The van der Waals surface area contributed by atoms with E-state index in [0.717, 1.165) is 18.4 Å². The first kappa shape index (κ1) is 34.6. The van der Waals surface area contributed by atoms with E-state index in [1.807, 2.05) is 32.0 Å². The molecule has 3 rings (SSSR count). The van der Waals surface area contributed by atoms with Crippen LogP contribution in [-0.4, -0.2) is 43.7 Å². The maximum Gasteiger partial charge on any atom is 0.491 e. The SMILES string of the molecule is CCCCNC(CC(=O)OC(=O)C(F)(F)F)c1ccc(NC(=O)Cc2ccc(NC(=O)Nc3ccccc3C)c(OC)c2)cc1. The van der Waals surface area contributed by atoms with E-state index in [2.05, 4.69) is 26.0 Å². The summed E-state index contributed by atoms with van der Waals surface area (Å²) in [6, 6.07) is 17.5. The lowest BCUT2D eigenvalue weighted by Gasteiger charge is -2.19. The average Bonchev–Trinajstić information content (AvgIpc) is 2.98. The van der Waals surface area contributed by atoms with Gasteiger partial charge in [-0.2, -0.15) is 13.2 Å². The third-order valence-corrected chi connectivity index (χ3v) is 6.60. The third-order valence-electron chi connectivity index (χ3n) is 6.60. The Bertz CT molecular complexity index is 1490. The van der Waals surface area contributed by atoms with Gasteiger partial charge in [0, 0.05) is 17.4 Å². The fourth-order valence-electron chi connectivity index (χ4n) is 4.26. The normalized spacial score (nSPS) is 11.7. The van der Waals surface area contributed by atoms with Crippen LogP contribution in [-0.2, 0) is 25.5 Å². The van der Waals surface area contributed by atoms with Crippen LogP contribution in [0, 0.1) is 6.92 Å². The molecular weight excluding hydrogens is 593 g/mol. The van der Waals surface area contributed by atoms with Crippen molar-refractivity contribution >= 4 is 40.9 Å². The summed E-state index contributed by atoms with van der Waals surface area (Å²) in [6.45, 7) is 4.31. The molecule has 240 valence electrons. The number of hydrogen-bond acceptors (Lipinski definition) is 7. The number of alkyl halides is 3. The minimum absolute atomic E-state index is 0.00588. The Balaban J connectivity index is 1.60. The quantitative estimate of drug-likeness (QED) is 0.0994. The molecule has 0 radical (unpaired) electrons. The number of carbonyl (C=O) groups is 4. The molecule has 1 unspecified atom stereocenters. The summed E-state index contributed by atoms with van der Waals surface area (Å²) in [6.07, 6.45) is -4.19. The van der Waals surface area contributed by atoms with Gasteiger partial charge in [-0.25, -0.2) is 9.59 Å². The van der Waals surface area contributed by atoms with E-state index in [1.165, 1.54) is 7.11 Å². The van der Waals surface area contributed by atoms with Gasteiger partial charge in [0.25, 0.3) is 0 Å². The van der Waals surface area contributed by atoms with Gasteiger partial charge in [0.05, 0.1) is 25.6 Å². The smallest absolute Gasteiger partial charge is 0.491 e. The number of hydrogen-bond donors (Lipinski definition) is 4. The van der Waals surface area contributed by atoms with E-state index in [9.17, 15) is 32.3 Å². The topological polar surface area (TPSA) is 135 Å². The van der Waals surface area contributed by atoms with E-state index >= 15 is 0 Å². The standard InChI is InChI=1S/C32H35F3N4O6/c1-4-5-16-36-26(19-29(41)45-30(42)32(33,34)35)22-11-13-23(14-12-22)37-28(40)18-21-10-15-25(27(17-21)44-3)39-31(43)38-24-9-7-6-8-20(24)2/h6-15,17,26,36H,4-5,16,18-19H2,1-3H3,(H,37,40)(H2,38,39,43). The number of rotatable bonds is 13. The Hall–Kier alpha value is -4.91. The lowest BCUT2D eigenvalue weighted by atomic mass is 10.0. The number of urea groups is 1. The van der Waals surface area contributed by atoms with Crippen LogP contribution in [0.2, 0.25) is 0 Å². The minimum Gasteiger partial charge on any atom is -0.495 e. The summed E-state index contributed by atoms with van der Waals surface area (Å²) >= 11 is 0. The number of nitrogens with one attached hydrogen (secondary N) is 4. The first-order chi connectivity index (χ1) is 21.4. The molecular formula is C32H35F3N4O6. The summed E-state index contributed by atoms with van der Waals surface area (Å²) in [5.41, 5.74) is 3.61. The van der Waals surface area contributed by atoms with Crippen molar-refractivity contribution < 1.29 is 41.8 Å². The number of halogens is 3. The second-order valence-electron chi connectivity index (χ2n) is 10.1. The van der Waals surface area contributed by atoms with Crippen LogP contribution in [0.5, 0.6) is 5.75 Å². The molecule has 10 nitrogen and oxygen atoms in total. The molecule has 3 aromatic rings. The number of aryl methyl sites for hydroxylation is 1. The zero-order valence-corrected chi connectivity index (χ0v) is 25.0. The van der Waals surface area contributed by atoms with Gasteiger partial charge in [0.15, 0.2) is 0 Å². The molecule has 0 bridgehead atoms. The molecule has 0 aliphatic carbocycles. The molecule has 3 aromatic carbocycles. The molecule has 0 fully saturated rings. The Kier molecular flexibility index (Phi) is 12.5. The lowest BCUT2D eigenvalue weighted by Crippen LogP contribution is -2.31. The number of para-hydroxylation sites is 1. The number of anilines is 3. The lowest BCUT2D eigenvalue weighted by molar-refractivity contribution is -0.202. The number of methoxy groups -OCH3 is 1. The number of carbonyl (C=O) groups excluding carboxylic acids is 4. The van der Waals surface area contributed by atoms with Crippen molar-refractivity contribution in [3.63, 3.8) is 0 Å². The number of benzene rings is 3. The highest BCUT2D eigenvalue weighted by molar-refractivity contribution is 6.01. The zero-order chi connectivity index (χ0) is 33.0.